The van der Waals surface area contributed by atoms with Crippen LogP contribution in [0.15, 0.2) is 12.4 Å². The van der Waals surface area contributed by atoms with E-state index in [1.165, 1.54) is 12.8 Å². The third-order valence-corrected chi connectivity index (χ3v) is 4.22. The van der Waals surface area contributed by atoms with Gasteiger partial charge in [-0.25, -0.2) is 9.97 Å². The van der Waals surface area contributed by atoms with Crippen LogP contribution in [0, 0.1) is 5.92 Å². The third-order valence-electron chi connectivity index (χ3n) is 4.22. The molecule has 1 unspecified atom stereocenters. The molecule has 1 atom stereocenters. The molecule has 5 nitrogen and oxygen atoms in total. The van der Waals surface area contributed by atoms with Gasteiger partial charge in [0.2, 0.25) is 0 Å². The summed E-state index contributed by atoms with van der Waals surface area (Å²) in [5.41, 5.74) is 0. The van der Waals surface area contributed by atoms with Crippen LogP contribution in [0.25, 0.3) is 0 Å². The lowest BCUT2D eigenvalue weighted by Gasteiger charge is -2.21. The predicted molar refractivity (Wildman–Crippen MR) is 75.5 cm³/mol. The maximum Gasteiger partial charge on any atom is 0.134 e. The van der Waals surface area contributed by atoms with Crippen molar-refractivity contribution in [3.05, 3.63) is 12.4 Å². The zero-order valence-electron chi connectivity index (χ0n) is 11.3. The van der Waals surface area contributed by atoms with Crippen LogP contribution in [-0.4, -0.2) is 47.9 Å². The average molecular weight is 262 g/mol. The molecule has 2 fully saturated rings. The number of aromatic nitrogens is 2. The van der Waals surface area contributed by atoms with E-state index in [9.17, 15) is 0 Å². The molecule has 2 aliphatic heterocycles. The van der Waals surface area contributed by atoms with Crippen molar-refractivity contribution in [1.29, 1.82) is 0 Å². The highest BCUT2D eigenvalue weighted by molar-refractivity contribution is 5.51. The van der Waals surface area contributed by atoms with E-state index in [-0.39, 0.29) is 0 Å². The second kappa shape index (κ2) is 5.74. The van der Waals surface area contributed by atoms with Gasteiger partial charge in [0.15, 0.2) is 0 Å². The molecule has 19 heavy (non-hydrogen) atoms. The van der Waals surface area contributed by atoms with E-state index in [1.54, 1.807) is 6.33 Å². The summed E-state index contributed by atoms with van der Waals surface area (Å²) in [5, 5.41) is 9.02. The molecule has 0 bridgehead atoms. The van der Waals surface area contributed by atoms with Gasteiger partial charge in [-0.15, -0.1) is 0 Å². The first-order valence-corrected chi connectivity index (χ1v) is 7.29. The highest BCUT2D eigenvalue weighted by atomic mass is 16.3. The Morgan fingerprint density at radius 2 is 1.84 bits per heavy atom. The Labute approximate surface area is 114 Å². The fraction of sp³-hybridized carbons (Fsp3) is 0.714. The Morgan fingerprint density at radius 1 is 1.11 bits per heavy atom. The summed E-state index contributed by atoms with van der Waals surface area (Å²) in [6.45, 7) is 4.58. The third kappa shape index (κ3) is 2.81. The number of nitrogens with zero attached hydrogens (tertiary/aromatic N) is 4. The van der Waals surface area contributed by atoms with Gasteiger partial charge in [0.05, 0.1) is 0 Å². The summed E-state index contributed by atoms with van der Waals surface area (Å²) in [6, 6.07) is 2.12. The van der Waals surface area contributed by atoms with Crippen LogP contribution in [0.1, 0.15) is 25.7 Å². The van der Waals surface area contributed by atoms with Crippen LogP contribution in [0.3, 0.4) is 0 Å². The van der Waals surface area contributed by atoms with Crippen molar-refractivity contribution in [1.82, 2.24) is 9.97 Å². The standard InChI is InChI=1S/C14H22N4O/c19-8-4-12-3-7-18(10-12)14-9-13(15-11-16-14)17-5-1-2-6-17/h9,11-12,19H,1-8,10H2. The molecule has 0 radical (unpaired) electrons. The molecule has 0 saturated carbocycles. The quantitative estimate of drug-likeness (QED) is 0.886. The molecule has 0 aliphatic carbocycles. The molecule has 0 amide bonds. The SMILES string of the molecule is OCCC1CCN(c2cc(N3CCCC3)ncn2)C1. The van der Waals surface area contributed by atoms with Crippen molar-refractivity contribution < 1.29 is 5.11 Å². The van der Waals surface area contributed by atoms with Gasteiger partial charge in [-0.05, 0) is 31.6 Å². The molecule has 3 heterocycles. The molecule has 5 heteroatoms. The van der Waals surface area contributed by atoms with Crippen molar-refractivity contribution in [3.63, 3.8) is 0 Å². The van der Waals surface area contributed by atoms with Gasteiger partial charge in [-0.3, -0.25) is 0 Å². The van der Waals surface area contributed by atoms with Gasteiger partial charge < -0.3 is 14.9 Å². The summed E-state index contributed by atoms with van der Waals surface area (Å²) < 4.78 is 0. The Kier molecular flexibility index (Phi) is 3.82. The molecular weight excluding hydrogens is 240 g/mol. The van der Waals surface area contributed by atoms with Gasteiger partial charge in [-0.1, -0.05) is 0 Å². The van der Waals surface area contributed by atoms with E-state index < -0.39 is 0 Å². The van der Waals surface area contributed by atoms with Crippen LogP contribution < -0.4 is 9.80 Å². The number of aliphatic hydroxyl groups is 1. The fourth-order valence-electron chi connectivity index (χ4n) is 3.09. The first-order valence-electron chi connectivity index (χ1n) is 7.29. The second-order valence-corrected chi connectivity index (χ2v) is 5.54. The van der Waals surface area contributed by atoms with E-state index in [0.717, 1.165) is 50.7 Å². The zero-order chi connectivity index (χ0) is 13.1. The van der Waals surface area contributed by atoms with Crippen molar-refractivity contribution in [2.24, 2.45) is 5.92 Å². The summed E-state index contributed by atoms with van der Waals surface area (Å²) in [5.74, 6) is 2.71. The average Bonchev–Trinajstić information content (AvgIpc) is 3.11. The van der Waals surface area contributed by atoms with Crippen molar-refractivity contribution in [2.75, 3.05) is 42.6 Å². The van der Waals surface area contributed by atoms with Gasteiger partial charge in [0, 0.05) is 38.9 Å². The predicted octanol–water partition coefficient (Wildman–Crippen LogP) is 1.29. The molecule has 0 spiro atoms. The zero-order valence-corrected chi connectivity index (χ0v) is 11.3. The molecule has 1 aromatic heterocycles. The number of aliphatic hydroxyl groups excluding tert-OH is 1. The summed E-state index contributed by atoms with van der Waals surface area (Å²) >= 11 is 0. The Morgan fingerprint density at radius 3 is 2.58 bits per heavy atom. The minimum atomic E-state index is 0.293. The van der Waals surface area contributed by atoms with Gasteiger partial charge in [0.25, 0.3) is 0 Å². The van der Waals surface area contributed by atoms with E-state index in [1.807, 2.05) is 0 Å². The van der Waals surface area contributed by atoms with Crippen LogP contribution in [0.2, 0.25) is 0 Å². The van der Waals surface area contributed by atoms with Crippen LogP contribution in [0.4, 0.5) is 11.6 Å². The second-order valence-electron chi connectivity index (χ2n) is 5.54. The molecule has 104 valence electrons. The minimum Gasteiger partial charge on any atom is -0.396 e. The highest BCUT2D eigenvalue weighted by Gasteiger charge is 2.24. The van der Waals surface area contributed by atoms with Crippen molar-refractivity contribution in [2.45, 2.75) is 25.7 Å². The maximum absolute atomic E-state index is 9.02. The summed E-state index contributed by atoms with van der Waals surface area (Å²) in [7, 11) is 0. The van der Waals surface area contributed by atoms with Gasteiger partial charge in [0.1, 0.15) is 18.0 Å². The topological polar surface area (TPSA) is 52.5 Å². The molecule has 0 aromatic carbocycles. The van der Waals surface area contributed by atoms with E-state index >= 15 is 0 Å². The summed E-state index contributed by atoms with van der Waals surface area (Å²) in [6.07, 6.45) is 6.27. The lowest BCUT2D eigenvalue weighted by atomic mass is 10.1. The van der Waals surface area contributed by atoms with Crippen LogP contribution in [-0.2, 0) is 0 Å². The molecular formula is C14H22N4O. The van der Waals surface area contributed by atoms with Crippen LogP contribution >= 0.6 is 0 Å². The van der Waals surface area contributed by atoms with Crippen LogP contribution in [0.5, 0.6) is 0 Å². The van der Waals surface area contributed by atoms with E-state index in [2.05, 4.69) is 25.8 Å². The molecule has 1 aromatic rings. The summed E-state index contributed by atoms with van der Waals surface area (Å²) in [4.78, 5) is 13.5. The van der Waals surface area contributed by atoms with Crippen molar-refractivity contribution >= 4 is 11.6 Å². The van der Waals surface area contributed by atoms with E-state index in [4.69, 9.17) is 5.11 Å². The molecule has 3 rings (SSSR count). The minimum absolute atomic E-state index is 0.293. The molecule has 2 saturated heterocycles. The first-order chi connectivity index (χ1) is 9.36. The smallest absolute Gasteiger partial charge is 0.134 e. The number of rotatable bonds is 4. The largest absolute Gasteiger partial charge is 0.396 e. The molecule has 2 aliphatic rings. The Hall–Kier alpha value is -1.36. The first kappa shape index (κ1) is 12.7. The Balaban J connectivity index is 1.69. The van der Waals surface area contributed by atoms with Gasteiger partial charge >= 0.3 is 0 Å². The van der Waals surface area contributed by atoms with Gasteiger partial charge in [-0.2, -0.15) is 0 Å². The van der Waals surface area contributed by atoms with Crippen molar-refractivity contribution in [3.8, 4) is 0 Å². The monoisotopic (exact) mass is 262 g/mol. The van der Waals surface area contributed by atoms with E-state index in [0.29, 0.717) is 12.5 Å². The lowest BCUT2D eigenvalue weighted by Crippen LogP contribution is -2.23. The number of hydrogen-bond donors (Lipinski definition) is 1. The maximum atomic E-state index is 9.02. The molecule has 1 N–H and O–H groups in total. The number of hydrogen-bond acceptors (Lipinski definition) is 5. The number of anilines is 2. The normalized spacial score (nSPS) is 23.3. The highest BCUT2D eigenvalue weighted by Crippen LogP contribution is 2.26. The fourth-order valence-corrected chi connectivity index (χ4v) is 3.09. The lowest BCUT2D eigenvalue weighted by molar-refractivity contribution is 0.263. The Bertz CT molecular complexity index is 420.